The van der Waals surface area contributed by atoms with Crippen LogP contribution in [0.1, 0.15) is 11.1 Å². The van der Waals surface area contributed by atoms with Gasteiger partial charge in [0, 0.05) is 32.5 Å². The van der Waals surface area contributed by atoms with Crippen molar-refractivity contribution in [1.29, 1.82) is 0 Å². The SMILES string of the molecule is CN=C(NCCc1ccc(-n2cccn2)cc1)NCc1ccc(O)c(F)c1.I. The quantitative estimate of drug-likeness (QED) is 0.279. The van der Waals surface area contributed by atoms with Crippen molar-refractivity contribution in [2.45, 2.75) is 13.0 Å². The van der Waals surface area contributed by atoms with E-state index in [0.29, 0.717) is 19.0 Å². The Kier molecular flexibility index (Phi) is 8.24. The number of nitrogens with zero attached hydrogens (tertiary/aromatic N) is 3. The largest absolute Gasteiger partial charge is 0.505 e. The van der Waals surface area contributed by atoms with Gasteiger partial charge in [-0.25, -0.2) is 9.07 Å². The highest BCUT2D eigenvalue weighted by Gasteiger charge is 2.03. The van der Waals surface area contributed by atoms with Gasteiger partial charge in [0.2, 0.25) is 0 Å². The minimum Gasteiger partial charge on any atom is -0.505 e. The number of phenolic OH excluding ortho intramolecular Hbond substituents is 1. The van der Waals surface area contributed by atoms with Crippen LogP contribution < -0.4 is 10.6 Å². The van der Waals surface area contributed by atoms with Crippen molar-refractivity contribution >= 4 is 29.9 Å². The molecule has 3 rings (SSSR count). The van der Waals surface area contributed by atoms with E-state index in [9.17, 15) is 9.50 Å². The first kappa shape index (κ1) is 21.7. The van der Waals surface area contributed by atoms with Crippen molar-refractivity contribution in [3.05, 3.63) is 77.9 Å². The number of aliphatic imine (C=N–C) groups is 1. The van der Waals surface area contributed by atoms with Gasteiger partial charge in [-0.1, -0.05) is 18.2 Å². The van der Waals surface area contributed by atoms with E-state index >= 15 is 0 Å². The van der Waals surface area contributed by atoms with Crippen molar-refractivity contribution < 1.29 is 9.50 Å². The third-order valence-corrected chi connectivity index (χ3v) is 4.11. The maximum atomic E-state index is 13.4. The number of rotatable bonds is 6. The Hall–Kier alpha value is -2.62. The van der Waals surface area contributed by atoms with Gasteiger partial charge in [0.25, 0.3) is 0 Å². The van der Waals surface area contributed by atoms with Crippen LogP contribution >= 0.6 is 24.0 Å². The summed E-state index contributed by atoms with van der Waals surface area (Å²) in [4.78, 5) is 4.16. The number of nitrogens with one attached hydrogen (secondary N) is 2. The van der Waals surface area contributed by atoms with Crippen LogP contribution in [0.25, 0.3) is 5.69 Å². The van der Waals surface area contributed by atoms with Crippen LogP contribution in [0, 0.1) is 5.82 Å². The van der Waals surface area contributed by atoms with Crippen molar-refractivity contribution in [3.63, 3.8) is 0 Å². The molecule has 6 nitrogen and oxygen atoms in total. The van der Waals surface area contributed by atoms with Gasteiger partial charge in [-0.2, -0.15) is 5.10 Å². The Morgan fingerprint density at radius 1 is 1.14 bits per heavy atom. The lowest BCUT2D eigenvalue weighted by atomic mass is 10.1. The van der Waals surface area contributed by atoms with Crippen LogP contribution in [0.3, 0.4) is 0 Å². The van der Waals surface area contributed by atoms with Crippen molar-refractivity contribution in [2.24, 2.45) is 4.99 Å². The van der Waals surface area contributed by atoms with Crippen molar-refractivity contribution in [1.82, 2.24) is 20.4 Å². The van der Waals surface area contributed by atoms with Gasteiger partial charge in [0.15, 0.2) is 17.5 Å². The fourth-order valence-electron chi connectivity index (χ4n) is 2.63. The molecule has 0 saturated heterocycles. The van der Waals surface area contributed by atoms with Gasteiger partial charge in [-0.3, -0.25) is 4.99 Å². The molecule has 0 atom stereocenters. The summed E-state index contributed by atoms with van der Waals surface area (Å²) in [6.45, 7) is 1.13. The summed E-state index contributed by atoms with van der Waals surface area (Å²) in [5.41, 5.74) is 2.95. The molecule has 3 aromatic rings. The van der Waals surface area contributed by atoms with E-state index in [0.717, 1.165) is 17.7 Å². The molecule has 0 radical (unpaired) electrons. The zero-order valence-corrected chi connectivity index (χ0v) is 17.8. The number of benzene rings is 2. The molecule has 2 aromatic carbocycles. The van der Waals surface area contributed by atoms with E-state index in [-0.39, 0.29) is 29.7 Å². The van der Waals surface area contributed by atoms with Crippen molar-refractivity contribution in [3.8, 4) is 11.4 Å². The van der Waals surface area contributed by atoms with Gasteiger partial charge in [0.1, 0.15) is 0 Å². The molecular formula is C20H23FIN5O. The molecule has 0 unspecified atom stereocenters. The number of hydrogen-bond acceptors (Lipinski definition) is 3. The van der Waals surface area contributed by atoms with E-state index in [2.05, 4.69) is 32.9 Å². The molecule has 0 amide bonds. The second-order valence-corrected chi connectivity index (χ2v) is 6.01. The Morgan fingerprint density at radius 2 is 1.89 bits per heavy atom. The van der Waals surface area contributed by atoms with Gasteiger partial charge >= 0.3 is 0 Å². The van der Waals surface area contributed by atoms with Crippen LogP contribution in [-0.2, 0) is 13.0 Å². The van der Waals surface area contributed by atoms with E-state index in [1.54, 1.807) is 19.3 Å². The number of halogens is 2. The third-order valence-electron chi connectivity index (χ3n) is 4.11. The molecule has 0 aliphatic heterocycles. The van der Waals surface area contributed by atoms with Crippen LogP contribution in [0.15, 0.2) is 65.9 Å². The molecule has 0 spiro atoms. The zero-order chi connectivity index (χ0) is 19.1. The summed E-state index contributed by atoms with van der Waals surface area (Å²) < 4.78 is 15.2. The van der Waals surface area contributed by atoms with Gasteiger partial charge in [0.05, 0.1) is 5.69 Å². The average Bonchev–Trinajstić information content (AvgIpc) is 3.22. The van der Waals surface area contributed by atoms with Gasteiger partial charge in [-0.15, -0.1) is 24.0 Å². The fraction of sp³-hybridized carbons (Fsp3) is 0.200. The Morgan fingerprint density at radius 3 is 2.54 bits per heavy atom. The van der Waals surface area contributed by atoms with Crippen LogP contribution in [-0.4, -0.2) is 34.4 Å². The lowest BCUT2D eigenvalue weighted by Crippen LogP contribution is -2.37. The first-order valence-corrected chi connectivity index (χ1v) is 8.66. The molecule has 1 aromatic heterocycles. The molecule has 148 valence electrons. The number of phenols is 1. The predicted octanol–water partition coefficient (Wildman–Crippen LogP) is 3.24. The first-order chi connectivity index (χ1) is 13.2. The number of guanidine groups is 1. The van der Waals surface area contributed by atoms with E-state index in [1.165, 1.54) is 17.7 Å². The Balaban J connectivity index is 0.00000280. The highest BCUT2D eigenvalue weighted by atomic mass is 127. The summed E-state index contributed by atoms with van der Waals surface area (Å²) in [6, 6.07) is 14.4. The normalized spacial score (nSPS) is 11.0. The molecule has 28 heavy (non-hydrogen) atoms. The molecular weight excluding hydrogens is 472 g/mol. The van der Waals surface area contributed by atoms with Gasteiger partial charge in [-0.05, 0) is 47.9 Å². The van der Waals surface area contributed by atoms with E-state index in [1.807, 2.05) is 29.1 Å². The number of hydrogen-bond donors (Lipinski definition) is 3. The van der Waals surface area contributed by atoms with Crippen molar-refractivity contribution in [2.75, 3.05) is 13.6 Å². The van der Waals surface area contributed by atoms with E-state index < -0.39 is 5.82 Å². The molecule has 8 heteroatoms. The maximum Gasteiger partial charge on any atom is 0.191 e. The summed E-state index contributed by atoms with van der Waals surface area (Å²) in [5.74, 6) is -0.340. The summed E-state index contributed by atoms with van der Waals surface area (Å²) in [6.07, 6.45) is 4.50. The second kappa shape index (κ2) is 10.6. The van der Waals surface area contributed by atoms with Crippen LogP contribution in [0.4, 0.5) is 4.39 Å². The highest BCUT2D eigenvalue weighted by Crippen LogP contribution is 2.15. The number of aromatic nitrogens is 2. The molecule has 0 saturated carbocycles. The molecule has 0 fully saturated rings. The van der Waals surface area contributed by atoms with E-state index in [4.69, 9.17) is 0 Å². The molecule has 0 aliphatic rings. The summed E-state index contributed by atoms with van der Waals surface area (Å²) in [5, 5.41) is 19.8. The van der Waals surface area contributed by atoms with Crippen LogP contribution in [0.5, 0.6) is 5.75 Å². The second-order valence-electron chi connectivity index (χ2n) is 6.01. The van der Waals surface area contributed by atoms with Gasteiger partial charge < -0.3 is 15.7 Å². The zero-order valence-electron chi connectivity index (χ0n) is 15.5. The standard InChI is InChI=1S/C20H22FN5O.HI/c1-22-20(24-14-16-5-8-19(27)18(21)13-16)23-11-9-15-3-6-17(7-4-15)26-12-2-10-25-26;/h2-8,10,12-13,27H,9,11,14H2,1H3,(H2,22,23,24);1H. The average molecular weight is 495 g/mol. The fourth-order valence-corrected chi connectivity index (χ4v) is 2.63. The predicted molar refractivity (Wildman–Crippen MR) is 119 cm³/mol. The third kappa shape index (κ3) is 5.95. The first-order valence-electron chi connectivity index (χ1n) is 8.66. The monoisotopic (exact) mass is 495 g/mol. The summed E-state index contributed by atoms with van der Waals surface area (Å²) >= 11 is 0. The molecule has 0 bridgehead atoms. The Bertz CT molecular complexity index is 897. The summed E-state index contributed by atoms with van der Waals surface area (Å²) in [7, 11) is 1.69. The highest BCUT2D eigenvalue weighted by molar-refractivity contribution is 14.0. The molecule has 3 N–H and O–H groups in total. The smallest absolute Gasteiger partial charge is 0.191 e. The Labute approximate surface area is 180 Å². The lowest BCUT2D eigenvalue weighted by Gasteiger charge is -2.12. The van der Waals surface area contributed by atoms with Crippen LogP contribution in [0.2, 0.25) is 0 Å². The maximum absolute atomic E-state index is 13.4. The topological polar surface area (TPSA) is 74.5 Å². The molecule has 0 aliphatic carbocycles. The molecule has 1 heterocycles. The number of aromatic hydroxyl groups is 1. The minimum absolute atomic E-state index is 0. The minimum atomic E-state index is -0.629. The lowest BCUT2D eigenvalue weighted by molar-refractivity contribution is 0.431.